The molecule has 9 heteroatoms. The van der Waals surface area contributed by atoms with Crippen molar-refractivity contribution in [2.45, 2.75) is 65.8 Å². The number of ether oxygens (including phenoxy) is 1. The van der Waals surface area contributed by atoms with Crippen LogP contribution in [0, 0.1) is 5.41 Å². The number of carboxylic acid groups (broad SMARTS) is 1. The van der Waals surface area contributed by atoms with Crippen molar-refractivity contribution in [3.05, 3.63) is 102 Å². The first-order valence-corrected chi connectivity index (χ1v) is 15.7. The van der Waals surface area contributed by atoms with Crippen LogP contribution in [0.2, 0.25) is 0 Å². The van der Waals surface area contributed by atoms with Crippen LogP contribution in [0.15, 0.2) is 85.2 Å². The van der Waals surface area contributed by atoms with Crippen LogP contribution < -0.4 is 15.4 Å². The molecule has 0 aliphatic heterocycles. The Morgan fingerprint density at radius 2 is 1.38 bits per heavy atom. The van der Waals surface area contributed by atoms with Crippen LogP contribution in [-0.2, 0) is 21.4 Å². The molecule has 1 aromatic heterocycles. The normalized spacial score (nSPS) is 12.2. The first kappa shape index (κ1) is 34.8. The van der Waals surface area contributed by atoms with Gasteiger partial charge in [-0.15, -0.1) is 0 Å². The Hall–Kier alpha value is -5.05. The predicted octanol–water partition coefficient (Wildman–Crippen LogP) is 6.47. The Balaban J connectivity index is 1.43. The van der Waals surface area contributed by atoms with Crippen molar-refractivity contribution in [3.63, 3.8) is 0 Å². The number of hydrogen-bond donors (Lipinski definition) is 3. The van der Waals surface area contributed by atoms with Crippen LogP contribution in [0.3, 0.4) is 0 Å². The molecule has 0 aliphatic rings. The number of hydrogen-bond acceptors (Lipinski definition) is 6. The Morgan fingerprint density at radius 1 is 0.787 bits per heavy atom. The van der Waals surface area contributed by atoms with Crippen LogP contribution >= 0.6 is 0 Å². The van der Waals surface area contributed by atoms with Crippen molar-refractivity contribution in [3.8, 4) is 28.3 Å². The molecule has 2 amide bonds. The van der Waals surface area contributed by atoms with E-state index in [9.17, 15) is 14.4 Å². The minimum atomic E-state index is -1.02. The number of aromatic nitrogens is 2. The van der Waals surface area contributed by atoms with Crippen LogP contribution in [-0.4, -0.2) is 52.1 Å². The average molecular weight is 637 g/mol. The topological polar surface area (TPSA) is 131 Å². The smallest absolute Gasteiger partial charge is 0.305 e. The van der Waals surface area contributed by atoms with E-state index < -0.39 is 17.9 Å². The lowest BCUT2D eigenvalue weighted by atomic mass is 9.86. The Labute approximate surface area is 276 Å². The van der Waals surface area contributed by atoms with Crippen molar-refractivity contribution < 1.29 is 24.2 Å². The van der Waals surface area contributed by atoms with E-state index in [0.717, 1.165) is 33.6 Å². The molecule has 3 N–H and O–H groups in total. The lowest BCUT2D eigenvalue weighted by molar-refractivity contribution is -0.137. The number of carboxylic acids is 1. The number of carbonyl (C=O) groups is 3. The van der Waals surface area contributed by atoms with E-state index in [0.29, 0.717) is 18.0 Å². The third kappa shape index (κ3) is 10.5. The molecule has 0 aliphatic carbocycles. The second-order valence-electron chi connectivity index (χ2n) is 13.9. The summed E-state index contributed by atoms with van der Waals surface area (Å²) < 4.78 is 5.87. The van der Waals surface area contributed by atoms with Crippen molar-refractivity contribution in [1.29, 1.82) is 0 Å². The van der Waals surface area contributed by atoms with E-state index in [4.69, 9.17) is 9.84 Å². The molecule has 4 rings (SSSR count). The molecule has 0 fully saturated rings. The van der Waals surface area contributed by atoms with Crippen LogP contribution in [0.5, 0.6) is 5.75 Å². The van der Waals surface area contributed by atoms with Crippen LogP contribution in [0.1, 0.15) is 69.4 Å². The van der Waals surface area contributed by atoms with Gasteiger partial charge >= 0.3 is 5.97 Å². The molecule has 246 valence electrons. The van der Waals surface area contributed by atoms with Crippen LogP contribution in [0.4, 0.5) is 0 Å². The summed E-state index contributed by atoms with van der Waals surface area (Å²) in [7, 11) is 0. The fraction of sp³-hybridized carbons (Fsp3) is 0.342. The third-order valence-electron chi connectivity index (χ3n) is 7.44. The van der Waals surface area contributed by atoms with Gasteiger partial charge in [0.05, 0.1) is 13.0 Å². The fourth-order valence-electron chi connectivity index (χ4n) is 4.68. The lowest BCUT2D eigenvalue weighted by Crippen LogP contribution is -2.48. The minimum Gasteiger partial charge on any atom is -0.493 e. The molecule has 0 spiro atoms. The van der Waals surface area contributed by atoms with E-state index in [2.05, 4.69) is 62.1 Å². The number of nitrogens with one attached hydrogen (secondary N) is 2. The molecule has 0 saturated carbocycles. The summed E-state index contributed by atoms with van der Waals surface area (Å²) in [6, 6.07) is 21.7. The van der Waals surface area contributed by atoms with E-state index in [1.165, 1.54) is 0 Å². The average Bonchev–Trinajstić information content (AvgIpc) is 3.03. The van der Waals surface area contributed by atoms with Crippen molar-refractivity contribution in [2.75, 3.05) is 13.2 Å². The van der Waals surface area contributed by atoms with E-state index in [1.54, 1.807) is 24.5 Å². The second kappa shape index (κ2) is 15.0. The molecule has 9 nitrogen and oxygen atoms in total. The van der Waals surface area contributed by atoms with Crippen LogP contribution in [0.25, 0.3) is 22.5 Å². The van der Waals surface area contributed by atoms with Crippen molar-refractivity contribution in [2.24, 2.45) is 5.41 Å². The zero-order valence-corrected chi connectivity index (χ0v) is 28.0. The largest absolute Gasteiger partial charge is 0.493 e. The van der Waals surface area contributed by atoms with Gasteiger partial charge in [0, 0.05) is 42.0 Å². The molecule has 0 unspecified atom stereocenters. The summed E-state index contributed by atoms with van der Waals surface area (Å²) in [5, 5.41) is 14.4. The summed E-state index contributed by atoms with van der Waals surface area (Å²) in [5.41, 5.74) is 5.01. The number of rotatable bonds is 12. The van der Waals surface area contributed by atoms with Gasteiger partial charge < -0.3 is 20.5 Å². The second-order valence-corrected chi connectivity index (χ2v) is 13.9. The molecule has 0 bridgehead atoms. The summed E-state index contributed by atoms with van der Waals surface area (Å²) in [6.07, 6.45) is 3.55. The summed E-state index contributed by atoms with van der Waals surface area (Å²) >= 11 is 0. The van der Waals surface area contributed by atoms with Gasteiger partial charge in [0.15, 0.2) is 5.82 Å². The Kier molecular flexibility index (Phi) is 11.1. The van der Waals surface area contributed by atoms with E-state index in [-0.39, 0.29) is 36.1 Å². The molecule has 47 heavy (non-hydrogen) atoms. The first-order valence-electron chi connectivity index (χ1n) is 15.7. The zero-order valence-electron chi connectivity index (χ0n) is 28.0. The monoisotopic (exact) mass is 636 g/mol. The summed E-state index contributed by atoms with van der Waals surface area (Å²) in [4.78, 5) is 46.3. The van der Waals surface area contributed by atoms with Gasteiger partial charge in [0.25, 0.3) is 5.91 Å². The molecule has 3 aromatic carbocycles. The van der Waals surface area contributed by atoms with Crippen molar-refractivity contribution >= 4 is 17.8 Å². The maximum Gasteiger partial charge on any atom is 0.305 e. The number of amides is 2. The maximum absolute atomic E-state index is 13.1. The van der Waals surface area contributed by atoms with Gasteiger partial charge in [0.2, 0.25) is 5.91 Å². The quantitative estimate of drug-likeness (QED) is 0.163. The molecule has 4 aromatic rings. The Morgan fingerprint density at radius 3 is 1.94 bits per heavy atom. The van der Waals surface area contributed by atoms with E-state index in [1.807, 2.05) is 60.7 Å². The third-order valence-corrected chi connectivity index (χ3v) is 7.44. The molecular formula is C38H44N4O5. The maximum atomic E-state index is 13.1. The minimum absolute atomic E-state index is 0.0395. The van der Waals surface area contributed by atoms with Gasteiger partial charge in [-0.1, -0.05) is 90.1 Å². The highest BCUT2D eigenvalue weighted by Crippen LogP contribution is 2.25. The predicted molar refractivity (Wildman–Crippen MR) is 183 cm³/mol. The molecule has 1 heterocycles. The lowest BCUT2D eigenvalue weighted by Gasteiger charge is -2.20. The molecule has 0 saturated heterocycles. The van der Waals surface area contributed by atoms with Gasteiger partial charge in [0.1, 0.15) is 11.8 Å². The van der Waals surface area contributed by atoms with Gasteiger partial charge in [-0.05, 0) is 51.8 Å². The standard InChI is InChI=1S/C38H44N4O5/c1-37(2,3)24-47-31-17-13-26(14-18-31)29-22-40-34(41-23-29)27-9-7-25(8-10-27)21-32(36(46)39-20-19-33(43)44)42-35(45)28-11-15-30(16-12-28)38(4,5)6/h7-18,22-23,32H,19-21,24H2,1-6H3,(H,39,46)(H,42,45)(H,43,44)/t32-/m0/s1. The van der Waals surface area contributed by atoms with Crippen molar-refractivity contribution in [1.82, 2.24) is 20.6 Å². The zero-order chi connectivity index (χ0) is 34.2. The number of carbonyl (C=O) groups excluding carboxylic acids is 2. The highest BCUT2D eigenvalue weighted by Gasteiger charge is 2.23. The SMILES string of the molecule is CC(C)(C)COc1ccc(-c2cnc(-c3ccc(C[C@H](NC(=O)c4ccc(C(C)(C)C)cc4)C(=O)NCCC(=O)O)cc3)nc2)cc1. The summed E-state index contributed by atoms with van der Waals surface area (Å²) in [5.74, 6) is -0.491. The molecule has 0 radical (unpaired) electrons. The fourth-order valence-corrected chi connectivity index (χ4v) is 4.68. The molecule has 1 atom stereocenters. The van der Waals surface area contributed by atoms with E-state index >= 15 is 0 Å². The highest BCUT2D eigenvalue weighted by atomic mass is 16.5. The first-order chi connectivity index (χ1) is 22.2. The highest BCUT2D eigenvalue weighted by molar-refractivity contribution is 5.97. The number of benzene rings is 3. The van der Waals surface area contributed by atoms with Gasteiger partial charge in [-0.25, -0.2) is 9.97 Å². The van der Waals surface area contributed by atoms with Gasteiger partial charge in [-0.3, -0.25) is 14.4 Å². The Bertz CT molecular complexity index is 1650. The number of nitrogens with zero attached hydrogens (tertiary/aromatic N) is 2. The number of aliphatic carboxylic acids is 1. The summed E-state index contributed by atoms with van der Waals surface area (Å²) in [6.45, 7) is 13.3. The molecular weight excluding hydrogens is 592 g/mol. The van der Waals surface area contributed by atoms with Gasteiger partial charge in [-0.2, -0.15) is 0 Å².